The molecule has 2 amide bonds. The lowest BCUT2D eigenvalue weighted by Gasteiger charge is -2.21. The summed E-state index contributed by atoms with van der Waals surface area (Å²) in [5, 5.41) is 0.922. The molecule has 41 heavy (non-hydrogen) atoms. The number of carbonyl (C=O) groups is 2. The number of amides is 2. The zero-order valence-electron chi connectivity index (χ0n) is 27.3. The van der Waals surface area contributed by atoms with Gasteiger partial charge in [-0.15, -0.1) is 0 Å². The van der Waals surface area contributed by atoms with Crippen LogP contribution < -0.4 is 0 Å². The number of unbranched alkanes of at least 4 members (excludes halogenated alkanes) is 22. The molecule has 1 heterocycles. The Morgan fingerprint density at radius 3 is 1.29 bits per heavy atom. The Morgan fingerprint density at radius 1 is 0.512 bits per heavy atom. The van der Waals surface area contributed by atoms with Crippen LogP contribution in [0.4, 0.5) is 0 Å². The van der Waals surface area contributed by atoms with Crippen LogP contribution >= 0.6 is 0 Å². The SMILES string of the molecule is CCCCCCCCCCCCCCOCC(CON1C(=O)CCC1=O)OCCCCCCCCCCCCCC. The number of nitrogens with zero attached hydrogens (tertiary/aromatic N) is 1. The zero-order valence-corrected chi connectivity index (χ0v) is 27.3. The molecule has 1 aliphatic rings. The van der Waals surface area contributed by atoms with Crippen molar-refractivity contribution in [2.75, 3.05) is 26.4 Å². The smallest absolute Gasteiger partial charge is 0.253 e. The van der Waals surface area contributed by atoms with Crippen molar-refractivity contribution in [2.24, 2.45) is 0 Å². The molecule has 1 rings (SSSR count). The Bertz CT molecular complexity index is 583. The molecular formula is C35H67NO5. The van der Waals surface area contributed by atoms with Crippen LogP contribution in [0.15, 0.2) is 0 Å². The molecule has 0 aromatic heterocycles. The van der Waals surface area contributed by atoms with Crippen LogP contribution in [-0.2, 0) is 23.9 Å². The van der Waals surface area contributed by atoms with Crippen molar-refractivity contribution in [3.8, 4) is 0 Å². The van der Waals surface area contributed by atoms with E-state index in [0.29, 0.717) is 13.2 Å². The third kappa shape index (κ3) is 23.2. The minimum Gasteiger partial charge on any atom is -0.379 e. The largest absolute Gasteiger partial charge is 0.379 e. The standard InChI is InChI=1S/C35H67NO5/c1-3-5-7-9-11-13-15-17-19-21-23-25-29-39-31-33(32-41-36-34(37)27-28-35(36)38)40-30-26-24-22-20-18-16-14-12-10-8-6-4-2/h33H,3-32H2,1-2H3. The quantitative estimate of drug-likeness (QED) is 0.0584. The molecule has 0 aromatic rings. The van der Waals surface area contributed by atoms with Gasteiger partial charge in [0.05, 0.1) is 6.61 Å². The molecule has 1 atom stereocenters. The van der Waals surface area contributed by atoms with Crippen LogP contribution in [0.1, 0.15) is 181 Å². The summed E-state index contributed by atoms with van der Waals surface area (Å²) in [6.45, 7) is 6.54. The van der Waals surface area contributed by atoms with Crippen molar-refractivity contribution in [3.05, 3.63) is 0 Å². The molecule has 1 saturated heterocycles. The van der Waals surface area contributed by atoms with E-state index in [-0.39, 0.29) is 37.4 Å². The number of hydrogen-bond donors (Lipinski definition) is 0. The maximum Gasteiger partial charge on any atom is 0.253 e. The molecule has 0 radical (unpaired) electrons. The van der Waals surface area contributed by atoms with E-state index in [1.165, 1.54) is 141 Å². The van der Waals surface area contributed by atoms with Gasteiger partial charge in [0.1, 0.15) is 12.7 Å². The fraction of sp³-hybridized carbons (Fsp3) is 0.943. The maximum atomic E-state index is 11.9. The van der Waals surface area contributed by atoms with Gasteiger partial charge in [0.2, 0.25) is 0 Å². The highest BCUT2D eigenvalue weighted by molar-refractivity contribution is 6.00. The predicted molar refractivity (Wildman–Crippen MR) is 170 cm³/mol. The highest BCUT2D eigenvalue weighted by Crippen LogP contribution is 2.15. The molecule has 1 aliphatic heterocycles. The number of hydrogen-bond acceptors (Lipinski definition) is 5. The molecule has 242 valence electrons. The average molecular weight is 582 g/mol. The number of rotatable bonds is 32. The monoisotopic (exact) mass is 582 g/mol. The van der Waals surface area contributed by atoms with Crippen LogP contribution in [-0.4, -0.2) is 49.4 Å². The van der Waals surface area contributed by atoms with Crippen molar-refractivity contribution < 1.29 is 23.9 Å². The van der Waals surface area contributed by atoms with Crippen molar-refractivity contribution in [1.82, 2.24) is 5.06 Å². The van der Waals surface area contributed by atoms with Gasteiger partial charge in [0.25, 0.3) is 11.8 Å². The topological polar surface area (TPSA) is 65.1 Å². The first-order valence-electron chi connectivity index (χ1n) is 17.9. The minimum atomic E-state index is -0.263. The van der Waals surface area contributed by atoms with E-state index < -0.39 is 0 Å². The Hall–Kier alpha value is -0.980. The van der Waals surface area contributed by atoms with E-state index in [4.69, 9.17) is 14.3 Å². The Kier molecular flexibility index (Phi) is 27.0. The van der Waals surface area contributed by atoms with E-state index in [0.717, 1.165) is 24.5 Å². The van der Waals surface area contributed by atoms with Crippen molar-refractivity contribution in [1.29, 1.82) is 0 Å². The average Bonchev–Trinajstić information content (AvgIpc) is 3.30. The molecule has 0 N–H and O–H groups in total. The molecule has 0 aliphatic carbocycles. The lowest BCUT2D eigenvalue weighted by atomic mass is 10.1. The van der Waals surface area contributed by atoms with E-state index in [9.17, 15) is 9.59 Å². The second kappa shape index (κ2) is 29.1. The molecule has 1 unspecified atom stereocenters. The third-order valence-electron chi connectivity index (χ3n) is 8.19. The molecule has 6 nitrogen and oxygen atoms in total. The highest BCUT2D eigenvalue weighted by atomic mass is 16.7. The summed E-state index contributed by atoms with van der Waals surface area (Å²) in [5.41, 5.74) is 0. The zero-order chi connectivity index (χ0) is 29.6. The first kappa shape index (κ1) is 38.0. The third-order valence-corrected chi connectivity index (χ3v) is 8.19. The number of imide groups is 1. The van der Waals surface area contributed by atoms with Gasteiger partial charge in [-0.1, -0.05) is 155 Å². The summed E-state index contributed by atoms with van der Waals surface area (Å²) in [6, 6.07) is 0. The lowest BCUT2D eigenvalue weighted by Crippen LogP contribution is -2.35. The van der Waals surface area contributed by atoms with Gasteiger partial charge in [0.15, 0.2) is 0 Å². The summed E-state index contributed by atoms with van der Waals surface area (Å²) >= 11 is 0. The maximum absolute atomic E-state index is 11.9. The fourth-order valence-electron chi connectivity index (χ4n) is 5.45. The summed E-state index contributed by atoms with van der Waals surface area (Å²) in [6.07, 6.45) is 31.9. The van der Waals surface area contributed by atoms with Crippen LogP contribution in [0.2, 0.25) is 0 Å². The number of ether oxygens (including phenoxy) is 2. The number of carbonyl (C=O) groups excluding carboxylic acids is 2. The van der Waals surface area contributed by atoms with Gasteiger partial charge in [-0.2, -0.15) is 5.06 Å². The first-order chi connectivity index (χ1) is 20.2. The molecule has 1 fully saturated rings. The molecule has 0 aromatic carbocycles. The number of hydroxylamine groups is 2. The van der Waals surface area contributed by atoms with Gasteiger partial charge in [0, 0.05) is 26.1 Å². The fourth-order valence-corrected chi connectivity index (χ4v) is 5.45. The second-order valence-electron chi connectivity index (χ2n) is 12.2. The minimum absolute atomic E-state index is 0.175. The summed E-state index contributed by atoms with van der Waals surface area (Å²) in [5.74, 6) is -0.515. The molecule has 0 spiro atoms. The van der Waals surface area contributed by atoms with Gasteiger partial charge >= 0.3 is 0 Å². The van der Waals surface area contributed by atoms with Crippen LogP contribution in [0.3, 0.4) is 0 Å². The summed E-state index contributed by atoms with van der Waals surface area (Å²) in [7, 11) is 0. The van der Waals surface area contributed by atoms with Crippen LogP contribution in [0, 0.1) is 0 Å². The summed E-state index contributed by atoms with van der Waals surface area (Å²) in [4.78, 5) is 29.3. The van der Waals surface area contributed by atoms with Crippen molar-refractivity contribution in [2.45, 2.75) is 187 Å². The van der Waals surface area contributed by atoms with Crippen LogP contribution in [0.5, 0.6) is 0 Å². The van der Waals surface area contributed by atoms with Gasteiger partial charge < -0.3 is 9.47 Å². The Labute approximate surface area is 254 Å². The second-order valence-corrected chi connectivity index (χ2v) is 12.2. The predicted octanol–water partition coefficient (Wildman–Crippen LogP) is 9.87. The van der Waals surface area contributed by atoms with Gasteiger partial charge in [-0.05, 0) is 12.8 Å². The van der Waals surface area contributed by atoms with Crippen LogP contribution in [0.25, 0.3) is 0 Å². The van der Waals surface area contributed by atoms with E-state index in [2.05, 4.69) is 13.8 Å². The first-order valence-corrected chi connectivity index (χ1v) is 17.9. The Morgan fingerprint density at radius 2 is 0.878 bits per heavy atom. The normalized spacial score (nSPS) is 14.4. The van der Waals surface area contributed by atoms with E-state index in [1.54, 1.807) is 0 Å². The van der Waals surface area contributed by atoms with Crippen molar-refractivity contribution >= 4 is 11.8 Å². The molecule has 6 heteroatoms. The summed E-state index contributed by atoms with van der Waals surface area (Å²) < 4.78 is 12.0. The van der Waals surface area contributed by atoms with Gasteiger partial charge in [-0.25, -0.2) is 0 Å². The molecule has 0 bridgehead atoms. The highest BCUT2D eigenvalue weighted by Gasteiger charge is 2.31. The van der Waals surface area contributed by atoms with E-state index >= 15 is 0 Å². The van der Waals surface area contributed by atoms with E-state index in [1.807, 2.05) is 0 Å². The Balaban J connectivity index is 2.09. The molecule has 0 saturated carbocycles. The van der Waals surface area contributed by atoms with Gasteiger partial charge in [-0.3, -0.25) is 14.4 Å². The molecular weight excluding hydrogens is 514 g/mol. The lowest BCUT2D eigenvalue weighted by molar-refractivity contribution is -0.199. The van der Waals surface area contributed by atoms with Crippen molar-refractivity contribution in [3.63, 3.8) is 0 Å².